The first kappa shape index (κ1) is 9.05. The lowest BCUT2D eigenvalue weighted by atomic mass is 9.98. The number of nitrogens with zero attached hydrogens (tertiary/aromatic N) is 1. The predicted octanol–water partition coefficient (Wildman–Crippen LogP) is 2.25. The number of hydrogen-bond acceptors (Lipinski definition) is 2. The van der Waals surface area contributed by atoms with Crippen molar-refractivity contribution in [2.45, 2.75) is 12.1 Å². The Bertz CT molecular complexity index is 356. The highest BCUT2D eigenvalue weighted by Gasteiger charge is 2.47. The molecule has 1 N–H and O–H groups in total. The highest BCUT2D eigenvalue weighted by molar-refractivity contribution is 5.97. The number of benzene rings is 1. The molecular weight excluding hydrogens is 193 g/mol. The molecule has 0 radical (unpaired) electrons. The van der Waals surface area contributed by atoms with E-state index in [1.807, 2.05) is 0 Å². The van der Waals surface area contributed by atoms with E-state index in [9.17, 15) is 13.2 Å². The van der Waals surface area contributed by atoms with Gasteiger partial charge in [-0.05, 0) is 5.56 Å². The molecule has 0 fully saturated rings. The van der Waals surface area contributed by atoms with Crippen LogP contribution in [0.4, 0.5) is 13.2 Å². The van der Waals surface area contributed by atoms with E-state index < -0.39 is 12.1 Å². The fourth-order valence-corrected chi connectivity index (χ4v) is 1.31. The molecule has 0 bridgehead atoms. The molecule has 1 unspecified atom stereocenters. The Morgan fingerprint density at radius 2 is 1.71 bits per heavy atom. The molecular formula is C9H7F3N2. The first-order valence-electron chi connectivity index (χ1n) is 4.04. The molecule has 0 spiro atoms. The van der Waals surface area contributed by atoms with Gasteiger partial charge in [-0.15, -0.1) is 0 Å². The third-order valence-corrected chi connectivity index (χ3v) is 1.97. The van der Waals surface area contributed by atoms with Gasteiger partial charge in [0.1, 0.15) is 5.92 Å². The Morgan fingerprint density at radius 3 is 2.14 bits per heavy atom. The largest absolute Gasteiger partial charge is 0.402 e. The maximum atomic E-state index is 12.6. The lowest BCUT2D eigenvalue weighted by molar-refractivity contribution is -0.134. The van der Waals surface area contributed by atoms with Crippen LogP contribution in [-0.2, 0) is 0 Å². The summed E-state index contributed by atoms with van der Waals surface area (Å²) in [5.74, 6) is -1.62. The molecule has 0 aliphatic carbocycles. The summed E-state index contributed by atoms with van der Waals surface area (Å²) < 4.78 is 37.7. The Morgan fingerprint density at radius 1 is 1.14 bits per heavy atom. The summed E-state index contributed by atoms with van der Waals surface area (Å²) in [5, 5.41) is 3.39. The van der Waals surface area contributed by atoms with E-state index in [1.54, 1.807) is 18.2 Å². The number of amidine groups is 1. The number of nitrogens with one attached hydrogen (secondary N) is 1. The zero-order valence-electron chi connectivity index (χ0n) is 7.05. The van der Waals surface area contributed by atoms with Crippen LogP contribution in [0.15, 0.2) is 35.4 Å². The van der Waals surface area contributed by atoms with E-state index >= 15 is 0 Å². The van der Waals surface area contributed by atoms with E-state index in [4.69, 9.17) is 0 Å². The van der Waals surface area contributed by atoms with Gasteiger partial charge < -0.3 is 0 Å². The van der Waals surface area contributed by atoms with Crippen LogP contribution in [-0.4, -0.2) is 12.0 Å². The second-order valence-electron chi connectivity index (χ2n) is 2.99. The van der Waals surface area contributed by atoms with Crippen molar-refractivity contribution < 1.29 is 13.2 Å². The van der Waals surface area contributed by atoms with Gasteiger partial charge in [-0.3, -0.25) is 5.43 Å². The quantitative estimate of drug-likeness (QED) is 0.780. The maximum Gasteiger partial charge on any atom is 0.402 e. The molecule has 1 heterocycles. The predicted molar refractivity (Wildman–Crippen MR) is 45.8 cm³/mol. The third kappa shape index (κ3) is 1.71. The van der Waals surface area contributed by atoms with Gasteiger partial charge >= 0.3 is 6.18 Å². The smallest absolute Gasteiger partial charge is 0.261 e. The van der Waals surface area contributed by atoms with Gasteiger partial charge in [-0.2, -0.15) is 18.3 Å². The minimum atomic E-state index is -4.29. The number of hydrogen-bond donors (Lipinski definition) is 1. The standard InChI is InChI=1S/C9H7F3N2/c10-9(11,12)7(8-13-14-8)6-4-2-1-3-5-6/h1-5,7H,(H,13,14). The van der Waals surface area contributed by atoms with Gasteiger partial charge in [0.2, 0.25) is 0 Å². The first-order chi connectivity index (χ1) is 6.59. The molecule has 14 heavy (non-hydrogen) atoms. The molecule has 1 aromatic rings. The zero-order valence-corrected chi connectivity index (χ0v) is 7.05. The SMILES string of the molecule is FC(F)(F)C(C1=NN1)c1ccccc1. The van der Waals surface area contributed by atoms with Crippen molar-refractivity contribution in [3.63, 3.8) is 0 Å². The molecule has 0 amide bonds. The average Bonchev–Trinajstić information content (AvgIpc) is 2.88. The van der Waals surface area contributed by atoms with E-state index in [-0.39, 0.29) is 11.4 Å². The molecule has 0 aromatic heterocycles. The summed E-state index contributed by atoms with van der Waals surface area (Å²) in [6.07, 6.45) is -4.29. The summed E-state index contributed by atoms with van der Waals surface area (Å²) in [5.41, 5.74) is 2.47. The van der Waals surface area contributed by atoms with Crippen LogP contribution in [0.5, 0.6) is 0 Å². The summed E-state index contributed by atoms with van der Waals surface area (Å²) in [6.45, 7) is 0. The molecule has 1 aliphatic rings. The average molecular weight is 200 g/mol. The van der Waals surface area contributed by atoms with Crippen LogP contribution in [0.25, 0.3) is 0 Å². The lowest BCUT2D eigenvalue weighted by Crippen LogP contribution is -2.26. The third-order valence-electron chi connectivity index (χ3n) is 1.97. The van der Waals surface area contributed by atoms with Crippen LogP contribution in [0.3, 0.4) is 0 Å². The molecule has 1 aliphatic heterocycles. The summed E-state index contributed by atoms with van der Waals surface area (Å²) in [4.78, 5) is 0. The molecule has 0 saturated heterocycles. The molecule has 0 saturated carbocycles. The van der Waals surface area contributed by atoms with Crippen LogP contribution in [0.1, 0.15) is 11.5 Å². The van der Waals surface area contributed by atoms with Crippen molar-refractivity contribution in [3.05, 3.63) is 35.9 Å². The number of rotatable bonds is 2. The van der Waals surface area contributed by atoms with Gasteiger partial charge in [0.05, 0.1) is 0 Å². The molecule has 1 aromatic carbocycles. The van der Waals surface area contributed by atoms with Gasteiger partial charge in [0.15, 0.2) is 5.84 Å². The van der Waals surface area contributed by atoms with Gasteiger partial charge in [-0.1, -0.05) is 30.3 Å². The van der Waals surface area contributed by atoms with E-state index in [0.29, 0.717) is 0 Å². The van der Waals surface area contributed by atoms with Crippen molar-refractivity contribution in [2.24, 2.45) is 5.10 Å². The topological polar surface area (TPSA) is 34.3 Å². The molecule has 2 nitrogen and oxygen atoms in total. The van der Waals surface area contributed by atoms with E-state index in [0.717, 1.165) is 0 Å². The van der Waals surface area contributed by atoms with Gasteiger partial charge in [0.25, 0.3) is 0 Å². The number of alkyl halides is 3. The van der Waals surface area contributed by atoms with Crippen molar-refractivity contribution in [2.75, 3.05) is 0 Å². The van der Waals surface area contributed by atoms with Crippen LogP contribution < -0.4 is 5.43 Å². The van der Waals surface area contributed by atoms with Crippen LogP contribution in [0.2, 0.25) is 0 Å². The lowest BCUT2D eigenvalue weighted by Gasteiger charge is -2.15. The van der Waals surface area contributed by atoms with Crippen LogP contribution in [0, 0.1) is 0 Å². The first-order valence-corrected chi connectivity index (χ1v) is 4.04. The molecule has 74 valence electrons. The van der Waals surface area contributed by atoms with E-state index in [1.165, 1.54) is 12.1 Å². The summed E-state index contributed by atoms with van der Waals surface area (Å²) in [7, 11) is 0. The summed E-state index contributed by atoms with van der Waals surface area (Å²) >= 11 is 0. The second kappa shape index (κ2) is 3.01. The van der Waals surface area contributed by atoms with Crippen molar-refractivity contribution in [3.8, 4) is 0 Å². The van der Waals surface area contributed by atoms with Crippen molar-refractivity contribution in [1.29, 1.82) is 0 Å². The second-order valence-corrected chi connectivity index (χ2v) is 2.99. The maximum absolute atomic E-state index is 12.6. The van der Waals surface area contributed by atoms with Gasteiger partial charge in [-0.25, -0.2) is 0 Å². The van der Waals surface area contributed by atoms with Crippen molar-refractivity contribution >= 4 is 5.84 Å². The molecule has 2 rings (SSSR count). The fourth-order valence-electron chi connectivity index (χ4n) is 1.31. The van der Waals surface area contributed by atoms with E-state index in [2.05, 4.69) is 10.5 Å². The minimum Gasteiger partial charge on any atom is -0.261 e. The normalized spacial score (nSPS) is 16.9. The molecule has 1 atom stereocenters. The monoisotopic (exact) mass is 200 g/mol. The van der Waals surface area contributed by atoms with Crippen molar-refractivity contribution in [1.82, 2.24) is 5.43 Å². The Labute approximate surface area is 78.4 Å². The molecule has 5 heteroatoms. The van der Waals surface area contributed by atoms with Gasteiger partial charge in [0, 0.05) is 0 Å². The Balaban J connectivity index is 2.33. The Hall–Kier alpha value is -1.52. The number of hydrazone groups is 1. The number of halogens is 3. The Kier molecular flexibility index (Phi) is 1.94. The summed E-state index contributed by atoms with van der Waals surface area (Å²) in [6, 6.07) is 7.73. The van der Waals surface area contributed by atoms with Crippen LogP contribution >= 0.6 is 0 Å². The highest BCUT2D eigenvalue weighted by Crippen LogP contribution is 2.37. The minimum absolute atomic E-state index is 0.0105. The highest BCUT2D eigenvalue weighted by atomic mass is 19.4. The fraction of sp³-hybridized carbons (Fsp3) is 0.222. The zero-order chi connectivity index (χ0) is 10.2.